The number of carbonyl (C=O) groups excluding carboxylic acids is 1. The number of nitrogens with one attached hydrogen (secondary N) is 1. The number of sulfonamides is 1. The van der Waals surface area contributed by atoms with Gasteiger partial charge in [-0.15, -0.1) is 0 Å². The number of esters is 1. The summed E-state index contributed by atoms with van der Waals surface area (Å²) in [6, 6.07) is 14.3. The van der Waals surface area contributed by atoms with Crippen molar-refractivity contribution in [2.75, 3.05) is 4.72 Å². The van der Waals surface area contributed by atoms with Crippen LogP contribution >= 0.6 is 0 Å². The van der Waals surface area contributed by atoms with E-state index in [-0.39, 0.29) is 11.0 Å². The van der Waals surface area contributed by atoms with Crippen molar-refractivity contribution in [2.24, 2.45) is 0 Å². The van der Waals surface area contributed by atoms with Crippen molar-refractivity contribution in [1.29, 1.82) is 0 Å². The van der Waals surface area contributed by atoms with Gasteiger partial charge in [-0.2, -0.15) is 0 Å². The first kappa shape index (κ1) is 21.9. The van der Waals surface area contributed by atoms with Crippen molar-refractivity contribution < 1.29 is 22.4 Å². The Balaban J connectivity index is 1.94. The second kappa shape index (κ2) is 7.98. The van der Waals surface area contributed by atoms with E-state index in [1.54, 1.807) is 45.9 Å². The highest BCUT2D eigenvalue weighted by Gasteiger charge is 2.25. The molecule has 0 radical (unpaired) electrons. The topological polar surface area (TPSA) is 85.6 Å². The lowest BCUT2D eigenvalue weighted by molar-refractivity contribution is 0.0378. The van der Waals surface area contributed by atoms with E-state index in [9.17, 15) is 13.2 Å². The van der Waals surface area contributed by atoms with Gasteiger partial charge in [0.2, 0.25) is 0 Å². The summed E-state index contributed by atoms with van der Waals surface area (Å²) in [6.45, 7) is 8.85. The molecule has 0 aliphatic rings. The smallest absolute Gasteiger partial charge is 0.342 e. The minimum absolute atomic E-state index is 0.212. The standard InChI is InChI=1S/C25H25NO5S/c1-14(2)30-25(27)23-17(5)31-24-19-9-7-6-8-18(19)21(13-20(23)24)26-32(28,29)22-12-15(3)10-11-16(22)4/h6-14,26H,1-5H3. The van der Waals surface area contributed by atoms with E-state index in [4.69, 9.17) is 9.15 Å². The van der Waals surface area contributed by atoms with Crippen molar-refractivity contribution in [3.63, 3.8) is 0 Å². The Bertz CT molecular complexity index is 1470. The minimum atomic E-state index is -3.87. The van der Waals surface area contributed by atoms with Gasteiger partial charge >= 0.3 is 5.97 Å². The van der Waals surface area contributed by atoms with E-state index in [2.05, 4.69) is 4.72 Å². The van der Waals surface area contributed by atoms with Crippen LogP contribution in [0.2, 0.25) is 0 Å². The molecule has 0 unspecified atom stereocenters. The fourth-order valence-corrected chi connectivity index (χ4v) is 5.25. The van der Waals surface area contributed by atoms with Crippen LogP contribution in [0.15, 0.2) is 57.8 Å². The highest BCUT2D eigenvalue weighted by Crippen LogP contribution is 2.38. The summed E-state index contributed by atoms with van der Waals surface area (Å²) < 4.78 is 40.7. The van der Waals surface area contributed by atoms with Crippen LogP contribution < -0.4 is 4.72 Å². The number of hydrogen-bond donors (Lipinski definition) is 1. The van der Waals surface area contributed by atoms with Gasteiger partial charge in [0.05, 0.1) is 16.7 Å². The highest BCUT2D eigenvalue weighted by molar-refractivity contribution is 7.92. The lowest BCUT2D eigenvalue weighted by Crippen LogP contribution is -2.15. The maximum Gasteiger partial charge on any atom is 0.342 e. The lowest BCUT2D eigenvalue weighted by atomic mass is 10.0. The molecule has 0 fully saturated rings. The van der Waals surface area contributed by atoms with E-state index in [1.807, 2.05) is 37.3 Å². The molecule has 7 heteroatoms. The Hall–Kier alpha value is -3.32. The van der Waals surface area contributed by atoms with Crippen LogP contribution in [0.4, 0.5) is 5.69 Å². The molecule has 0 spiro atoms. The monoisotopic (exact) mass is 451 g/mol. The number of fused-ring (bicyclic) bond motifs is 3. The van der Waals surface area contributed by atoms with Crippen LogP contribution in [0, 0.1) is 20.8 Å². The van der Waals surface area contributed by atoms with Crippen molar-refractivity contribution >= 4 is 43.4 Å². The fourth-order valence-electron chi connectivity index (χ4n) is 3.85. The maximum absolute atomic E-state index is 13.3. The highest BCUT2D eigenvalue weighted by atomic mass is 32.2. The first-order valence-corrected chi connectivity index (χ1v) is 11.8. The molecule has 6 nitrogen and oxygen atoms in total. The van der Waals surface area contributed by atoms with Gasteiger partial charge in [0.1, 0.15) is 16.9 Å². The van der Waals surface area contributed by atoms with Gasteiger partial charge in [-0.05, 0) is 57.9 Å². The van der Waals surface area contributed by atoms with E-state index >= 15 is 0 Å². The van der Waals surface area contributed by atoms with E-state index in [0.717, 1.165) is 5.56 Å². The van der Waals surface area contributed by atoms with Crippen molar-refractivity contribution in [3.8, 4) is 0 Å². The molecule has 4 aromatic rings. The predicted molar refractivity (Wildman–Crippen MR) is 126 cm³/mol. The Labute approximate surface area is 187 Å². The molecule has 4 rings (SSSR count). The van der Waals surface area contributed by atoms with E-state index in [0.29, 0.717) is 44.3 Å². The van der Waals surface area contributed by atoms with Crippen LogP contribution in [0.25, 0.3) is 21.7 Å². The average molecular weight is 452 g/mol. The number of ether oxygens (including phenoxy) is 1. The Morgan fingerprint density at radius 3 is 2.34 bits per heavy atom. The first-order valence-electron chi connectivity index (χ1n) is 10.3. The van der Waals surface area contributed by atoms with E-state index in [1.165, 1.54) is 0 Å². The lowest BCUT2D eigenvalue weighted by Gasteiger charge is -2.14. The maximum atomic E-state index is 13.3. The summed E-state index contributed by atoms with van der Waals surface area (Å²) in [6.07, 6.45) is -0.297. The molecule has 0 bridgehead atoms. The van der Waals surface area contributed by atoms with Crippen LogP contribution in [0.3, 0.4) is 0 Å². The first-order chi connectivity index (χ1) is 15.1. The molecule has 1 aromatic heterocycles. The summed E-state index contributed by atoms with van der Waals surface area (Å²) in [7, 11) is -3.87. The molecule has 166 valence electrons. The van der Waals surface area contributed by atoms with Crippen LogP contribution in [-0.4, -0.2) is 20.5 Å². The van der Waals surface area contributed by atoms with Crippen molar-refractivity contribution in [3.05, 3.63) is 71.0 Å². The zero-order valence-electron chi connectivity index (χ0n) is 18.6. The molecule has 0 aliphatic carbocycles. The molecular formula is C25H25NO5S. The largest absolute Gasteiger partial charge is 0.460 e. The van der Waals surface area contributed by atoms with Gasteiger partial charge in [-0.1, -0.05) is 36.4 Å². The number of carbonyl (C=O) groups is 1. The molecule has 3 aromatic carbocycles. The van der Waals surface area contributed by atoms with Gasteiger partial charge in [-0.3, -0.25) is 4.72 Å². The number of benzene rings is 3. The van der Waals surface area contributed by atoms with Gasteiger partial charge in [0.15, 0.2) is 0 Å². The third-order valence-electron chi connectivity index (χ3n) is 5.30. The molecule has 0 atom stereocenters. The van der Waals surface area contributed by atoms with Crippen LogP contribution in [0.5, 0.6) is 0 Å². The molecule has 0 amide bonds. The van der Waals surface area contributed by atoms with Crippen molar-refractivity contribution in [2.45, 2.75) is 45.6 Å². The Morgan fingerprint density at radius 2 is 1.66 bits per heavy atom. The van der Waals surface area contributed by atoms with E-state index < -0.39 is 16.0 Å². The van der Waals surface area contributed by atoms with Crippen molar-refractivity contribution in [1.82, 2.24) is 0 Å². The minimum Gasteiger partial charge on any atom is -0.460 e. The number of aryl methyl sites for hydroxylation is 3. The zero-order valence-corrected chi connectivity index (χ0v) is 19.5. The molecule has 0 saturated heterocycles. The molecule has 0 aliphatic heterocycles. The molecule has 1 N–H and O–H groups in total. The van der Waals surface area contributed by atoms with Gasteiger partial charge in [0, 0.05) is 16.2 Å². The third kappa shape index (κ3) is 3.84. The summed E-state index contributed by atoms with van der Waals surface area (Å²) in [5, 5.41) is 1.88. The SMILES string of the molecule is Cc1ccc(C)c(S(=O)(=O)Nc2cc3c(C(=O)OC(C)C)c(C)oc3c3ccccc23)c1. The molecule has 32 heavy (non-hydrogen) atoms. The normalized spacial score (nSPS) is 11.9. The number of rotatable bonds is 5. The third-order valence-corrected chi connectivity index (χ3v) is 6.80. The van der Waals surface area contributed by atoms with Gasteiger partial charge < -0.3 is 9.15 Å². The second-order valence-corrected chi connectivity index (χ2v) is 9.86. The average Bonchev–Trinajstić information content (AvgIpc) is 3.05. The van der Waals surface area contributed by atoms with Gasteiger partial charge in [0.25, 0.3) is 10.0 Å². The van der Waals surface area contributed by atoms with Crippen LogP contribution in [-0.2, 0) is 14.8 Å². The summed E-state index contributed by atoms with van der Waals surface area (Å²) in [5.41, 5.74) is 2.68. The summed E-state index contributed by atoms with van der Waals surface area (Å²) >= 11 is 0. The molecular weight excluding hydrogens is 426 g/mol. The van der Waals surface area contributed by atoms with Gasteiger partial charge in [-0.25, -0.2) is 13.2 Å². The Morgan fingerprint density at radius 1 is 0.969 bits per heavy atom. The molecule has 0 saturated carbocycles. The number of furan rings is 1. The quantitative estimate of drug-likeness (QED) is 0.383. The second-order valence-electron chi connectivity index (χ2n) is 8.21. The summed E-state index contributed by atoms with van der Waals surface area (Å²) in [5.74, 6) is -0.0831. The summed E-state index contributed by atoms with van der Waals surface area (Å²) in [4.78, 5) is 13.0. The van der Waals surface area contributed by atoms with Crippen LogP contribution in [0.1, 0.15) is 41.1 Å². The fraction of sp³-hybridized carbons (Fsp3) is 0.240. The number of anilines is 1. The zero-order chi connectivity index (χ0) is 23.2. The number of hydrogen-bond acceptors (Lipinski definition) is 5. The predicted octanol–water partition coefficient (Wildman–Crippen LogP) is 5.88. The molecule has 1 heterocycles. The Kier molecular flexibility index (Phi) is 5.46.